The van der Waals surface area contributed by atoms with Crippen LogP contribution in [0.25, 0.3) is 5.57 Å². The van der Waals surface area contributed by atoms with Gasteiger partial charge in [-0.25, -0.2) is 0 Å². The van der Waals surface area contributed by atoms with Crippen molar-refractivity contribution in [2.24, 2.45) is 0 Å². The minimum atomic E-state index is -0.263. The molecule has 0 spiro atoms. The molecule has 0 radical (unpaired) electrons. The summed E-state index contributed by atoms with van der Waals surface area (Å²) in [5.41, 5.74) is 3.55. The molecule has 0 aromatic carbocycles. The number of allylic oxidation sites excluding steroid dienone is 2. The van der Waals surface area contributed by atoms with Crippen LogP contribution in [0.3, 0.4) is 0 Å². The lowest BCUT2D eigenvalue weighted by molar-refractivity contribution is 0.102. The second-order valence-corrected chi connectivity index (χ2v) is 8.02. The van der Waals surface area contributed by atoms with Gasteiger partial charge >= 0.3 is 0 Å². The summed E-state index contributed by atoms with van der Waals surface area (Å²) in [4.78, 5) is 15.6. The Hall–Kier alpha value is -1.76. The largest absolute Gasteiger partial charge is 0.393 e. The van der Waals surface area contributed by atoms with Gasteiger partial charge in [0.2, 0.25) is 0 Å². The van der Waals surface area contributed by atoms with E-state index in [1.165, 1.54) is 17.6 Å². The van der Waals surface area contributed by atoms with Gasteiger partial charge in [0.1, 0.15) is 0 Å². The molecule has 1 rings (SSSR count). The fourth-order valence-corrected chi connectivity index (χ4v) is 3.95. The lowest BCUT2D eigenvalue weighted by atomic mass is 10.1. The fourth-order valence-electron chi connectivity index (χ4n) is 2.75. The van der Waals surface area contributed by atoms with Crippen LogP contribution in [-0.2, 0) is 0 Å². The van der Waals surface area contributed by atoms with Crippen molar-refractivity contribution in [3.63, 3.8) is 0 Å². The van der Waals surface area contributed by atoms with E-state index in [0.29, 0.717) is 11.4 Å². The molecule has 1 aromatic heterocycles. The standard InChI is InChI=1S/C21H33N3O2S/c1-7-8-17(26)9-10-23-13-15(4)24(6)19-11-20(18(12-22)14(2)3)27-21(19)16(5)25/h11-12,17,22-23,26H,4,7-10,13H2,1-3,5-6H3. The maximum Gasteiger partial charge on any atom is 0.171 e. The Balaban J connectivity index is 2.86. The third-order valence-electron chi connectivity index (χ3n) is 4.42. The summed E-state index contributed by atoms with van der Waals surface area (Å²) in [7, 11) is 1.90. The zero-order valence-corrected chi connectivity index (χ0v) is 18.0. The molecule has 0 fully saturated rings. The van der Waals surface area contributed by atoms with Gasteiger partial charge in [-0.05, 0) is 39.3 Å². The van der Waals surface area contributed by atoms with Crippen LogP contribution in [0.1, 0.15) is 61.5 Å². The first-order valence-corrected chi connectivity index (χ1v) is 10.2. The number of carbonyl (C=O) groups excluding carboxylic acids is 1. The van der Waals surface area contributed by atoms with Gasteiger partial charge < -0.3 is 20.7 Å². The maximum absolute atomic E-state index is 12.1. The summed E-state index contributed by atoms with van der Waals surface area (Å²) in [6.45, 7) is 13.0. The molecular weight excluding hydrogens is 358 g/mol. The summed E-state index contributed by atoms with van der Waals surface area (Å²) in [5, 5.41) is 20.8. The van der Waals surface area contributed by atoms with Crippen molar-refractivity contribution in [1.29, 1.82) is 5.41 Å². The molecule has 150 valence electrons. The van der Waals surface area contributed by atoms with E-state index in [2.05, 4.69) is 18.8 Å². The van der Waals surface area contributed by atoms with E-state index in [4.69, 9.17) is 5.41 Å². The van der Waals surface area contributed by atoms with Crippen molar-refractivity contribution in [3.05, 3.63) is 33.7 Å². The maximum atomic E-state index is 12.1. The van der Waals surface area contributed by atoms with Crippen molar-refractivity contribution in [2.45, 2.75) is 53.1 Å². The molecule has 3 N–H and O–H groups in total. The molecule has 1 atom stereocenters. The van der Waals surface area contributed by atoms with Crippen molar-refractivity contribution in [3.8, 4) is 0 Å². The van der Waals surface area contributed by atoms with Crippen molar-refractivity contribution in [2.75, 3.05) is 25.0 Å². The predicted molar refractivity (Wildman–Crippen MR) is 117 cm³/mol. The number of ketones is 1. The van der Waals surface area contributed by atoms with Crippen LogP contribution in [0.4, 0.5) is 5.69 Å². The molecule has 1 aromatic rings. The quantitative estimate of drug-likeness (QED) is 0.279. The van der Waals surface area contributed by atoms with Gasteiger partial charge in [0.05, 0.1) is 16.7 Å². The number of rotatable bonds is 12. The van der Waals surface area contributed by atoms with E-state index < -0.39 is 0 Å². The average molecular weight is 392 g/mol. The smallest absolute Gasteiger partial charge is 0.171 e. The van der Waals surface area contributed by atoms with Crippen LogP contribution in [0, 0.1) is 5.41 Å². The molecule has 6 heteroatoms. The second kappa shape index (κ2) is 11.2. The SMILES string of the molecule is C=C(CNCCC(O)CCC)N(C)c1cc(C(C=N)=C(C)C)sc1C(C)=O. The third-order valence-corrected chi connectivity index (χ3v) is 5.68. The Morgan fingerprint density at radius 3 is 2.59 bits per heavy atom. The molecule has 0 aliphatic rings. The Morgan fingerprint density at radius 1 is 1.41 bits per heavy atom. The van der Waals surface area contributed by atoms with Gasteiger partial charge in [-0.2, -0.15) is 0 Å². The second-order valence-electron chi connectivity index (χ2n) is 6.97. The number of nitrogens with zero attached hydrogens (tertiary/aromatic N) is 1. The lowest BCUT2D eigenvalue weighted by Gasteiger charge is -2.22. The number of carbonyl (C=O) groups is 1. The van der Waals surface area contributed by atoms with Crippen LogP contribution in [0.5, 0.6) is 0 Å². The van der Waals surface area contributed by atoms with Crippen LogP contribution in [0.2, 0.25) is 0 Å². The molecule has 0 bridgehead atoms. The van der Waals surface area contributed by atoms with Gasteiger partial charge in [0, 0.05) is 42.9 Å². The number of anilines is 1. The number of thiophene rings is 1. The molecule has 27 heavy (non-hydrogen) atoms. The van der Waals surface area contributed by atoms with Crippen LogP contribution in [0.15, 0.2) is 23.9 Å². The highest BCUT2D eigenvalue weighted by Crippen LogP contribution is 2.35. The number of aliphatic hydroxyl groups is 1. The topological polar surface area (TPSA) is 76.4 Å². The molecule has 0 aliphatic heterocycles. The fraction of sp³-hybridized carbons (Fsp3) is 0.524. The van der Waals surface area contributed by atoms with E-state index in [-0.39, 0.29) is 11.9 Å². The first-order valence-electron chi connectivity index (χ1n) is 9.36. The highest BCUT2D eigenvalue weighted by atomic mass is 32.1. The average Bonchev–Trinajstić information content (AvgIpc) is 3.03. The zero-order chi connectivity index (χ0) is 20.6. The molecule has 0 aliphatic carbocycles. The minimum Gasteiger partial charge on any atom is -0.393 e. The van der Waals surface area contributed by atoms with E-state index in [1.54, 1.807) is 6.92 Å². The molecular formula is C21H33N3O2S. The molecule has 0 saturated heterocycles. The van der Waals surface area contributed by atoms with E-state index in [9.17, 15) is 9.90 Å². The summed E-state index contributed by atoms with van der Waals surface area (Å²) in [5.74, 6) is 0.00892. The molecule has 0 saturated carbocycles. The van der Waals surface area contributed by atoms with E-state index in [0.717, 1.165) is 53.2 Å². The lowest BCUT2D eigenvalue weighted by Crippen LogP contribution is -2.28. The molecule has 5 nitrogen and oxygen atoms in total. The summed E-state index contributed by atoms with van der Waals surface area (Å²) < 4.78 is 0. The number of nitrogens with one attached hydrogen (secondary N) is 2. The third kappa shape index (κ3) is 6.72. The number of aliphatic hydroxyl groups excluding tert-OH is 1. The molecule has 0 amide bonds. The van der Waals surface area contributed by atoms with E-state index in [1.807, 2.05) is 31.9 Å². The van der Waals surface area contributed by atoms with Crippen LogP contribution >= 0.6 is 11.3 Å². The van der Waals surface area contributed by atoms with Gasteiger partial charge in [-0.1, -0.05) is 25.5 Å². The highest BCUT2D eigenvalue weighted by molar-refractivity contribution is 7.16. The number of Topliss-reactive ketones (excluding diaryl/α,β-unsaturated/α-hetero) is 1. The minimum absolute atomic E-state index is 0.00892. The normalized spacial score (nSPS) is 11.8. The Bertz CT molecular complexity index is 702. The van der Waals surface area contributed by atoms with Crippen LogP contribution < -0.4 is 10.2 Å². The molecule has 1 heterocycles. The highest BCUT2D eigenvalue weighted by Gasteiger charge is 2.19. The van der Waals surface area contributed by atoms with Gasteiger partial charge in [0.15, 0.2) is 5.78 Å². The van der Waals surface area contributed by atoms with Crippen LogP contribution in [-0.4, -0.2) is 43.3 Å². The molecule has 1 unspecified atom stereocenters. The first kappa shape index (κ1) is 23.3. The first-order chi connectivity index (χ1) is 12.7. The summed E-state index contributed by atoms with van der Waals surface area (Å²) in [6.07, 6.45) is 3.60. The number of hydrogen-bond donors (Lipinski definition) is 3. The monoisotopic (exact) mass is 391 g/mol. The Kier molecular flexibility index (Phi) is 9.63. The van der Waals surface area contributed by atoms with Crippen molar-refractivity contribution >= 4 is 34.6 Å². The van der Waals surface area contributed by atoms with Gasteiger partial charge in [-0.3, -0.25) is 4.79 Å². The Labute approximate surface area is 167 Å². The van der Waals surface area contributed by atoms with Crippen molar-refractivity contribution in [1.82, 2.24) is 5.32 Å². The predicted octanol–water partition coefficient (Wildman–Crippen LogP) is 4.48. The Morgan fingerprint density at radius 2 is 2.07 bits per heavy atom. The number of likely N-dealkylation sites (N-methyl/N-ethyl adjacent to an activating group) is 1. The van der Waals surface area contributed by atoms with E-state index >= 15 is 0 Å². The summed E-state index contributed by atoms with van der Waals surface area (Å²) >= 11 is 1.42. The van der Waals surface area contributed by atoms with Crippen molar-refractivity contribution < 1.29 is 9.90 Å². The van der Waals surface area contributed by atoms with Gasteiger partial charge in [-0.15, -0.1) is 11.3 Å². The zero-order valence-electron chi connectivity index (χ0n) is 17.2. The summed E-state index contributed by atoms with van der Waals surface area (Å²) in [6, 6.07) is 1.96. The van der Waals surface area contributed by atoms with Gasteiger partial charge in [0.25, 0.3) is 0 Å². The number of hydrogen-bond acceptors (Lipinski definition) is 6.